The summed E-state index contributed by atoms with van der Waals surface area (Å²) >= 11 is 1.70. The largest absolute Gasteiger partial charge is 0.208 e. The van der Waals surface area contributed by atoms with Crippen LogP contribution in [0.4, 0.5) is 0 Å². The highest BCUT2D eigenvalue weighted by Crippen LogP contribution is 2.43. The van der Waals surface area contributed by atoms with Crippen LogP contribution >= 0.6 is 11.3 Å². The first-order valence-corrected chi connectivity index (χ1v) is 19.9. The molecule has 3 nitrogen and oxygen atoms in total. The van der Waals surface area contributed by atoms with Gasteiger partial charge in [0, 0.05) is 15.8 Å². The van der Waals surface area contributed by atoms with Crippen LogP contribution in [0.15, 0.2) is 212 Å². The van der Waals surface area contributed by atoms with E-state index >= 15 is 0 Å². The summed E-state index contributed by atoms with van der Waals surface area (Å²) in [6, 6.07) is 74.9. The molecule has 0 saturated carbocycles. The molecule has 0 unspecified atom stereocenters. The van der Waals surface area contributed by atoms with Crippen molar-refractivity contribution in [2.45, 2.75) is 0 Å². The van der Waals surface area contributed by atoms with Gasteiger partial charge in [0.1, 0.15) is 0 Å². The second kappa shape index (κ2) is 15.1. The molecule has 0 aliphatic rings. The molecular formula is C53H35N3S. The fourth-order valence-corrected chi connectivity index (χ4v) is 8.50. The maximum absolute atomic E-state index is 5.10. The van der Waals surface area contributed by atoms with Gasteiger partial charge in [-0.05, 0) is 85.3 Å². The first-order valence-electron chi connectivity index (χ1n) is 19.1. The second-order valence-corrected chi connectivity index (χ2v) is 15.1. The van der Waals surface area contributed by atoms with Crippen molar-refractivity contribution in [3.63, 3.8) is 0 Å². The summed E-state index contributed by atoms with van der Waals surface area (Å²) in [5.41, 5.74) is 13.6. The number of fused-ring (bicyclic) bond motifs is 1. The van der Waals surface area contributed by atoms with Gasteiger partial charge in [0.2, 0.25) is 0 Å². The summed E-state index contributed by atoms with van der Waals surface area (Å²) < 4.78 is 1.20. The Hall–Kier alpha value is -7.27. The fraction of sp³-hybridized carbons (Fsp3) is 0. The van der Waals surface area contributed by atoms with Crippen molar-refractivity contribution in [1.82, 2.24) is 15.0 Å². The summed E-state index contributed by atoms with van der Waals surface area (Å²) in [6.07, 6.45) is 0. The molecule has 0 bridgehead atoms. The van der Waals surface area contributed by atoms with Crippen LogP contribution in [0.2, 0.25) is 0 Å². The average Bonchev–Trinajstić information content (AvgIpc) is 3.75. The van der Waals surface area contributed by atoms with Crippen molar-refractivity contribution in [3.05, 3.63) is 212 Å². The predicted octanol–water partition coefficient (Wildman–Crippen LogP) is 14.4. The Labute approximate surface area is 336 Å². The van der Waals surface area contributed by atoms with Crippen LogP contribution in [0.25, 0.3) is 99.2 Å². The van der Waals surface area contributed by atoms with Gasteiger partial charge in [-0.2, -0.15) is 0 Å². The molecule has 10 aromatic rings. The fourth-order valence-electron chi connectivity index (χ4n) is 7.51. The molecule has 8 aromatic carbocycles. The molecule has 4 heteroatoms. The molecule has 0 aliphatic heterocycles. The molecule has 268 valence electrons. The van der Waals surface area contributed by atoms with E-state index < -0.39 is 0 Å². The van der Waals surface area contributed by atoms with E-state index in [2.05, 4.69) is 206 Å². The minimum absolute atomic E-state index is 0.639. The first kappa shape index (κ1) is 34.2. The molecule has 0 fully saturated rings. The zero-order valence-electron chi connectivity index (χ0n) is 31.0. The third-order valence-corrected chi connectivity index (χ3v) is 11.5. The predicted molar refractivity (Wildman–Crippen MR) is 239 cm³/mol. The maximum atomic E-state index is 5.10. The smallest absolute Gasteiger partial charge is 0.174 e. The van der Waals surface area contributed by atoms with E-state index in [-0.39, 0.29) is 0 Å². The van der Waals surface area contributed by atoms with Crippen LogP contribution in [0.3, 0.4) is 0 Å². The Morgan fingerprint density at radius 1 is 0.281 bits per heavy atom. The van der Waals surface area contributed by atoms with Crippen molar-refractivity contribution >= 4 is 21.4 Å². The zero-order valence-corrected chi connectivity index (χ0v) is 31.8. The van der Waals surface area contributed by atoms with Crippen molar-refractivity contribution in [2.24, 2.45) is 0 Å². The van der Waals surface area contributed by atoms with Gasteiger partial charge in [0.05, 0.1) is 4.88 Å². The van der Waals surface area contributed by atoms with Crippen LogP contribution < -0.4 is 0 Å². The molecule has 0 spiro atoms. The first-order chi connectivity index (χ1) is 28.2. The molecule has 0 saturated heterocycles. The lowest BCUT2D eigenvalue weighted by Crippen LogP contribution is -1.99. The SMILES string of the molecule is c1ccc(-c2ccc(-c3nc(-c4ccc(-c5cc(-c6ccccc6)c(-c6ccccc6)c(-c6ccccc6)c5)cc4)nc(-c4cc5ccccc5s4)n3)cc2)cc1. The highest BCUT2D eigenvalue weighted by molar-refractivity contribution is 7.22. The molecule has 2 heterocycles. The van der Waals surface area contributed by atoms with E-state index in [9.17, 15) is 0 Å². The number of aromatic nitrogens is 3. The highest BCUT2D eigenvalue weighted by Gasteiger charge is 2.18. The lowest BCUT2D eigenvalue weighted by molar-refractivity contribution is 1.08. The van der Waals surface area contributed by atoms with E-state index in [0.29, 0.717) is 17.5 Å². The van der Waals surface area contributed by atoms with E-state index in [1.54, 1.807) is 11.3 Å². The van der Waals surface area contributed by atoms with E-state index in [0.717, 1.165) is 32.7 Å². The Morgan fingerprint density at radius 2 is 0.667 bits per heavy atom. The zero-order chi connectivity index (χ0) is 38.0. The molecule has 0 radical (unpaired) electrons. The van der Waals surface area contributed by atoms with Crippen molar-refractivity contribution in [1.29, 1.82) is 0 Å². The molecular weight excluding hydrogens is 711 g/mol. The number of benzene rings is 8. The number of nitrogens with zero attached hydrogens (tertiary/aromatic N) is 3. The Balaban J connectivity index is 1.09. The van der Waals surface area contributed by atoms with Crippen LogP contribution in [0.1, 0.15) is 0 Å². The third kappa shape index (κ3) is 6.95. The van der Waals surface area contributed by atoms with Crippen LogP contribution in [0.5, 0.6) is 0 Å². The monoisotopic (exact) mass is 745 g/mol. The summed E-state index contributed by atoms with van der Waals surface area (Å²) in [5.74, 6) is 1.96. The Kier molecular flexibility index (Phi) is 9.07. The van der Waals surface area contributed by atoms with Gasteiger partial charge in [-0.3, -0.25) is 0 Å². The molecule has 0 N–H and O–H groups in total. The lowest BCUT2D eigenvalue weighted by atomic mass is 9.84. The summed E-state index contributed by atoms with van der Waals surface area (Å²) in [7, 11) is 0. The van der Waals surface area contributed by atoms with Crippen LogP contribution in [-0.2, 0) is 0 Å². The average molecular weight is 746 g/mol. The van der Waals surface area contributed by atoms with Gasteiger partial charge < -0.3 is 0 Å². The van der Waals surface area contributed by atoms with Gasteiger partial charge in [-0.25, -0.2) is 15.0 Å². The number of hydrogen-bond donors (Lipinski definition) is 0. The van der Waals surface area contributed by atoms with E-state index in [4.69, 9.17) is 15.0 Å². The van der Waals surface area contributed by atoms with Gasteiger partial charge in [-0.15, -0.1) is 11.3 Å². The molecule has 0 atom stereocenters. The molecule has 0 aliphatic carbocycles. The van der Waals surface area contributed by atoms with Crippen LogP contribution in [-0.4, -0.2) is 15.0 Å². The minimum Gasteiger partial charge on any atom is -0.208 e. The molecule has 0 amide bonds. The van der Waals surface area contributed by atoms with Gasteiger partial charge in [-0.1, -0.05) is 188 Å². The summed E-state index contributed by atoms with van der Waals surface area (Å²) in [6.45, 7) is 0. The van der Waals surface area contributed by atoms with Gasteiger partial charge in [0.25, 0.3) is 0 Å². The van der Waals surface area contributed by atoms with Crippen LogP contribution in [0, 0.1) is 0 Å². The third-order valence-electron chi connectivity index (χ3n) is 10.4. The van der Waals surface area contributed by atoms with E-state index in [1.807, 2.05) is 6.07 Å². The normalized spacial score (nSPS) is 11.2. The number of rotatable bonds is 8. The number of thiophene rings is 1. The Morgan fingerprint density at radius 3 is 1.18 bits per heavy atom. The van der Waals surface area contributed by atoms with E-state index in [1.165, 1.54) is 49.0 Å². The number of hydrogen-bond acceptors (Lipinski definition) is 4. The molecule has 2 aromatic heterocycles. The van der Waals surface area contributed by atoms with Crippen molar-refractivity contribution in [2.75, 3.05) is 0 Å². The summed E-state index contributed by atoms with van der Waals surface area (Å²) in [5, 5.41) is 1.18. The minimum atomic E-state index is 0.639. The standard InChI is InChI=1S/C53H35N3S/c1-5-15-36(16-6-1)37-25-29-42(30-26-37)51-54-52(56-53(55-51)49-35-44-23-13-14-24-48(44)57-49)43-31-27-38(28-32-43)45-33-46(39-17-7-2-8-18-39)50(41-21-11-4-12-22-41)47(34-45)40-19-9-3-10-20-40/h1-35H. The van der Waals surface area contributed by atoms with Gasteiger partial charge in [0.15, 0.2) is 17.5 Å². The van der Waals surface area contributed by atoms with Crippen molar-refractivity contribution < 1.29 is 0 Å². The quantitative estimate of drug-likeness (QED) is 0.155. The topological polar surface area (TPSA) is 38.7 Å². The maximum Gasteiger partial charge on any atom is 0.174 e. The second-order valence-electron chi connectivity index (χ2n) is 14.0. The van der Waals surface area contributed by atoms with Crippen molar-refractivity contribution in [3.8, 4) is 89.1 Å². The highest BCUT2D eigenvalue weighted by atomic mass is 32.1. The van der Waals surface area contributed by atoms with Gasteiger partial charge >= 0.3 is 0 Å². The Bertz CT molecular complexity index is 2870. The summed E-state index contributed by atoms with van der Waals surface area (Å²) in [4.78, 5) is 16.3. The molecule has 10 rings (SSSR count). The lowest BCUT2D eigenvalue weighted by Gasteiger charge is -2.19. The molecule has 57 heavy (non-hydrogen) atoms.